The van der Waals surface area contributed by atoms with E-state index in [2.05, 4.69) is 0 Å². The highest BCUT2D eigenvalue weighted by Crippen LogP contribution is 2.38. The van der Waals surface area contributed by atoms with Crippen LogP contribution in [0.15, 0.2) is 0 Å². The van der Waals surface area contributed by atoms with Gasteiger partial charge in [-0.2, -0.15) is 0 Å². The van der Waals surface area contributed by atoms with Gasteiger partial charge in [0.05, 0.1) is 0 Å². The molecule has 1 atom stereocenters. The molecule has 0 aliphatic heterocycles. The highest BCUT2D eigenvalue weighted by Gasteiger charge is 2.50. The minimum Gasteiger partial charge on any atom is -0.457 e. The molecule has 4 nitrogen and oxygen atoms in total. The van der Waals surface area contributed by atoms with Crippen molar-refractivity contribution in [2.24, 2.45) is 0 Å². The van der Waals surface area contributed by atoms with Crippen molar-refractivity contribution < 1.29 is 19.0 Å². The maximum Gasteiger partial charge on any atom is 0.303 e. The van der Waals surface area contributed by atoms with Crippen LogP contribution in [0.3, 0.4) is 0 Å². The Bertz CT molecular complexity index is 168. The van der Waals surface area contributed by atoms with E-state index in [0.717, 1.165) is 12.8 Å². The molecule has 0 saturated heterocycles. The number of esters is 1. The van der Waals surface area contributed by atoms with Crippen molar-refractivity contribution in [3.05, 3.63) is 0 Å². The van der Waals surface area contributed by atoms with E-state index in [1.807, 2.05) is 0 Å². The first-order chi connectivity index (χ1) is 5.64. The topological polar surface area (TPSA) is 44.8 Å². The first-order valence-electron chi connectivity index (χ1n) is 3.92. The van der Waals surface area contributed by atoms with Crippen molar-refractivity contribution in [3.63, 3.8) is 0 Å². The molecule has 0 amide bonds. The van der Waals surface area contributed by atoms with E-state index >= 15 is 0 Å². The monoisotopic (exact) mass is 174 g/mol. The van der Waals surface area contributed by atoms with Crippen LogP contribution in [0, 0.1) is 0 Å². The molecule has 0 aromatic carbocycles. The van der Waals surface area contributed by atoms with Crippen molar-refractivity contribution in [2.75, 3.05) is 14.2 Å². The van der Waals surface area contributed by atoms with Gasteiger partial charge in [-0.05, 0) is 6.42 Å². The predicted molar refractivity (Wildman–Crippen MR) is 41.5 cm³/mol. The molecule has 1 rings (SSSR count). The fourth-order valence-corrected chi connectivity index (χ4v) is 1.40. The summed E-state index contributed by atoms with van der Waals surface area (Å²) in [5.74, 6) is -0.982. The van der Waals surface area contributed by atoms with E-state index in [1.54, 1.807) is 14.2 Å². The van der Waals surface area contributed by atoms with Gasteiger partial charge in [0.25, 0.3) is 0 Å². The zero-order valence-corrected chi connectivity index (χ0v) is 7.62. The van der Waals surface area contributed by atoms with Crippen molar-refractivity contribution in [3.8, 4) is 0 Å². The third-order valence-electron chi connectivity index (χ3n) is 2.24. The number of carbonyl (C=O) groups excluding carboxylic acids is 1. The van der Waals surface area contributed by atoms with Gasteiger partial charge in [0.15, 0.2) is 6.10 Å². The summed E-state index contributed by atoms with van der Waals surface area (Å²) in [4.78, 5) is 10.6. The molecule has 0 bridgehead atoms. The molecule has 12 heavy (non-hydrogen) atoms. The second-order valence-corrected chi connectivity index (χ2v) is 2.86. The Hall–Kier alpha value is -0.610. The summed E-state index contributed by atoms with van der Waals surface area (Å²) in [6, 6.07) is 0. The molecule has 1 saturated carbocycles. The molecule has 1 aliphatic rings. The lowest BCUT2D eigenvalue weighted by Crippen LogP contribution is -2.56. The van der Waals surface area contributed by atoms with Gasteiger partial charge in [0, 0.05) is 27.6 Å². The lowest BCUT2D eigenvalue weighted by molar-refractivity contribution is -0.309. The van der Waals surface area contributed by atoms with E-state index < -0.39 is 5.79 Å². The number of hydrogen-bond donors (Lipinski definition) is 0. The van der Waals surface area contributed by atoms with Crippen LogP contribution in [0.5, 0.6) is 0 Å². The second kappa shape index (κ2) is 3.41. The standard InChI is InChI=1S/C8H14O4/c1-6(9)12-7-4-5-8(7,10-2)11-3/h7H,4-5H2,1-3H3/t7-/m1/s1. The predicted octanol–water partition coefficient (Wildman–Crippen LogP) is 0.701. The Kier molecular flexibility index (Phi) is 2.69. The zero-order chi connectivity index (χ0) is 9.19. The average molecular weight is 174 g/mol. The van der Waals surface area contributed by atoms with Crippen molar-refractivity contribution in [1.29, 1.82) is 0 Å². The Morgan fingerprint density at radius 3 is 2.25 bits per heavy atom. The first-order valence-corrected chi connectivity index (χ1v) is 3.92. The largest absolute Gasteiger partial charge is 0.457 e. The minimum absolute atomic E-state index is 0.245. The summed E-state index contributed by atoms with van der Waals surface area (Å²) < 4.78 is 15.3. The number of hydrogen-bond acceptors (Lipinski definition) is 4. The molecule has 0 heterocycles. The lowest BCUT2D eigenvalue weighted by atomic mass is 9.87. The van der Waals surface area contributed by atoms with Gasteiger partial charge in [-0.3, -0.25) is 4.79 Å². The summed E-state index contributed by atoms with van der Waals surface area (Å²) in [6.45, 7) is 1.38. The molecule has 0 N–H and O–H groups in total. The van der Waals surface area contributed by atoms with Crippen molar-refractivity contribution >= 4 is 5.97 Å². The zero-order valence-electron chi connectivity index (χ0n) is 7.62. The number of rotatable bonds is 3. The number of ether oxygens (including phenoxy) is 3. The van der Waals surface area contributed by atoms with Crippen molar-refractivity contribution in [1.82, 2.24) is 0 Å². The third kappa shape index (κ3) is 1.44. The Morgan fingerprint density at radius 2 is 2.00 bits per heavy atom. The molecule has 70 valence electrons. The normalized spacial score (nSPS) is 26.1. The van der Waals surface area contributed by atoms with Gasteiger partial charge >= 0.3 is 5.97 Å². The molecular weight excluding hydrogens is 160 g/mol. The van der Waals surface area contributed by atoms with Crippen LogP contribution in [0.25, 0.3) is 0 Å². The molecule has 0 spiro atoms. The van der Waals surface area contributed by atoms with E-state index in [-0.39, 0.29) is 12.1 Å². The average Bonchev–Trinajstić information content (AvgIpc) is 2.01. The number of methoxy groups -OCH3 is 2. The quantitative estimate of drug-likeness (QED) is 0.466. The summed E-state index contributed by atoms with van der Waals surface area (Å²) in [5, 5.41) is 0. The minimum atomic E-state index is -0.689. The fourth-order valence-electron chi connectivity index (χ4n) is 1.40. The smallest absolute Gasteiger partial charge is 0.303 e. The van der Waals surface area contributed by atoms with Crippen LogP contribution in [0.4, 0.5) is 0 Å². The van der Waals surface area contributed by atoms with E-state index in [1.165, 1.54) is 6.92 Å². The van der Waals surface area contributed by atoms with E-state index in [4.69, 9.17) is 14.2 Å². The van der Waals surface area contributed by atoms with Crippen molar-refractivity contribution in [2.45, 2.75) is 31.7 Å². The summed E-state index contributed by atoms with van der Waals surface area (Å²) in [5.41, 5.74) is 0. The molecule has 1 aliphatic carbocycles. The molecule has 4 heteroatoms. The highest BCUT2D eigenvalue weighted by molar-refractivity contribution is 5.66. The van der Waals surface area contributed by atoms with Crippen LogP contribution >= 0.6 is 0 Å². The van der Waals surface area contributed by atoms with Gasteiger partial charge in [-0.1, -0.05) is 0 Å². The summed E-state index contributed by atoms with van der Waals surface area (Å²) in [7, 11) is 3.11. The van der Waals surface area contributed by atoms with Gasteiger partial charge in [-0.25, -0.2) is 0 Å². The molecule has 1 fully saturated rings. The van der Waals surface area contributed by atoms with Gasteiger partial charge < -0.3 is 14.2 Å². The first kappa shape index (κ1) is 9.48. The molecule has 0 aromatic heterocycles. The van der Waals surface area contributed by atoms with E-state index in [9.17, 15) is 4.79 Å². The van der Waals surface area contributed by atoms with Crippen LogP contribution in [0.1, 0.15) is 19.8 Å². The van der Waals surface area contributed by atoms with Crippen LogP contribution in [-0.2, 0) is 19.0 Å². The fraction of sp³-hybridized carbons (Fsp3) is 0.875. The molecule has 0 aromatic rings. The Balaban J connectivity index is 2.50. The summed E-state index contributed by atoms with van der Waals surface area (Å²) >= 11 is 0. The molecular formula is C8H14O4. The van der Waals surface area contributed by atoms with Crippen LogP contribution < -0.4 is 0 Å². The maximum absolute atomic E-state index is 10.6. The van der Waals surface area contributed by atoms with Gasteiger partial charge in [0.1, 0.15) is 0 Å². The molecule has 0 radical (unpaired) electrons. The van der Waals surface area contributed by atoms with Crippen LogP contribution in [-0.4, -0.2) is 32.1 Å². The maximum atomic E-state index is 10.6. The summed E-state index contributed by atoms with van der Waals surface area (Å²) in [6.07, 6.45) is 1.34. The van der Waals surface area contributed by atoms with E-state index in [0.29, 0.717) is 0 Å². The van der Waals surface area contributed by atoms with Gasteiger partial charge in [-0.15, -0.1) is 0 Å². The lowest BCUT2D eigenvalue weighted by Gasteiger charge is -2.45. The van der Waals surface area contributed by atoms with Crippen LogP contribution in [0.2, 0.25) is 0 Å². The number of carbonyl (C=O) groups is 1. The SMILES string of the molecule is COC1(OC)CC[C@H]1OC(C)=O. The van der Waals surface area contributed by atoms with Gasteiger partial charge in [0.2, 0.25) is 5.79 Å². The molecule has 0 unspecified atom stereocenters. The highest BCUT2D eigenvalue weighted by atomic mass is 16.7. The third-order valence-corrected chi connectivity index (χ3v) is 2.24. The Morgan fingerprint density at radius 1 is 1.42 bits per heavy atom. The Labute approximate surface area is 71.8 Å². The second-order valence-electron chi connectivity index (χ2n) is 2.86.